The van der Waals surface area contributed by atoms with E-state index in [4.69, 9.17) is 33.2 Å². The smallest absolute Gasteiger partial charge is 0.255 e. The largest absolute Gasteiger partial charge is 0.349 e. The third-order valence-corrected chi connectivity index (χ3v) is 2.34. The van der Waals surface area contributed by atoms with Crippen molar-refractivity contribution in [2.24, 2.45) is 0 Å². The van der Waals surface area contributed by atoms with Gasteiger partial charge in [0, 0.05) is 12.1 Å². The highest BCUT2D eigenvalue weighted by atomic mass is 35.5. The van der Waals surface area contributed by atoms with Crippen molar-refractivity contribution in [1.82, 2.24) is 5.32 Å². The van der Waals surface area contributed by atoms with Gasteiger partial charge < -0.3 is 10.1 Å². The number of carbonyl (C=O) groups is 1. The Balaban J connectivity index is 2.85. The van der Waals surface area contributed by atoms with Gasteiger partial charge in [-0.2, -0.15) is 5.26 Å². The maximum absolute atomic E-state index is 11.6. The van der Waals surface area contributed by atoms with Crippen molar-refractivity contribution >= 4 is 29.1 Å². The van der Waals surface area contributed by atoms with E-state index in [2.05, 4.69) is 5.32 Å². The minimum absolute atomic E-state index is 0.220. The van der Waals surface area contributed by atoms with Crippen LogP contribution in [0, 0.1) is 11.3 Å². The van der Waals surface area contributed by atoms with Crippen LogP contribution >= 0.6 is 23.2 Å². The number of amides is 1. The van der Waals surface area contributed by atoms with Crippen molar-refractivity contribution < 1.29 is 9.53 Å². The normalized spacial score (nSPS) is 11.6. The Labute approximate surface area is 103 Å². The Kier molecular flexibility index (Phi) is 4.56. The summed E-state index contributed by atoms with van der Waals surface area (Å²) in [5, 5.41) is 11.6. The average molecular weight is 259 g/mol. The van der Waals surface area contributed by atoms with Crippen LogP contribution in [0.2, 0.25) is 10.0 Å². The summed E-state index contributed by atoms with van der Waals surface area (Å²) in [7, 11) is 1.32. The number of ether oxygens (including phenoxy) is 1. The van der Waals surface area contributed by atoms with E-state index in [-0.39, 0.29) is 10.6 Å². The lowest BCUT2D eigenvalue weighted by Gasteiger charge is -2.10. The number of carbonyl (C=O) groups excluding carboxylic acids is 1. The number of nitriles is 1. The monoisotopic (exact) mass is 258 g/mol. The number of halogens is 2. The molecular formula is C10H8Cl2N2O2. The highest BCUT2D eigenvalue weighted by Gasteiger charge is 2.14. The van der Waals surface area contributed by atoms with Crippen LogP contribution < -0.4 is 5.32 Å². The number of methoxy groups -OCH3 is 1. The number of hydrogen-bond acceptors (Lipinski definition) is 3. The Bertz CT molecular complexity index is 443. The second-order valence-corrected chi connectivity index (χ2v) is 3.69. The lowest BCUT2D eigenvalue weighted by molar-refractivity contribution is 0.0764. The standard InChI is InChI=1S/C10H8Cl2N2O2/c1-16-9(5-13)14-10(15)7-3-2-6(11)4-8(7)12/h2-4,9H,1H3,(H,14,15). The quantitative estimate of drug-likeness (QED) is 0.846. The van der Waals surface area contributed by atoms with Crippen LogP contribution in [-0.4, -0.2) is 19.2 Å². The predicted molar refractivity (Wildman–Crippen MR) is 60.3 cm³/mol. The SMILES string of the molecule is COC(C#N)NC(=O)c1ccc(Cl)cc1Cl. The maximum atomic E-state index is 11.6. The maximum Gasteiger partial charge on any atom is 0.255 e. The van der Waals surface area contributed by atoms with E-state index in [9.17, 15) is 4.79 Å². The Morgan fingerprint density at radius 1 is 1.56 bits per heavy atom. The number of rotatable bonds is 3. The van der Waals surface area contributed by atoms with E-state index in [0.29, 0.717) is 5.02 Å². The van der Waals surface area contributed by atoms with Gasteiger partial charge in [-0.15, -0.1) is 0 Å². The third-order valence-electron chi connectivity index (χ3n) is 1.79. The highest BCUT2D eigenvalue weighted by Crippen LogP contribution is 2.20. The summed E-state index contributed by atoms with van der Waals surface area (Å²) in [5.74, 6) is -0.491. The number of hydrogen-bond donors (Lipinski definition) is 1. The Morgan fingerprint density at radius 2 is 2.25 bits per heavy atom. The van der Waals surface area contributed by atoms with E-state index in [1.807, 2.05) is 0 Å². The van der Waals surface area contributed by atoms with Crippen LogP contribution in [-0.2, 0) is 4.74 Å². The van der Waals surface area contributed by atoms with Crippen LogP contribution in [0.25, 0.3) is 0 Å². The summed E-state index contributed by atoms with van der Waals surface area (Å²) in [4.78, 5) is 11.6. The van der Waals surface area contributed by atoms with Gasteiger partial charge >= 0.3 is 0 Å². The number of nitrogens with one attached hydrogen (secondary N) is 1. The molecular weight excluding hydrogens is 251 g/mol. The molecule has 0 aliphatic carbocycles. The molecule has 6 heteroatoms. The summed E-state index contributed by atoms with van der Waals surface area (Å²) in [5.41, 5.74) is 0.239. The van der Waals surface area contributed by atoms with E-state index >= 15 is 0 Å². The van der Waals surface area contributed by atoms with E-state index in [0.717, 1.165) is 0 Å². The van der Waals surface area contributed by atoms with Crippen LogP contribution in [0.1, 0.15) is 10.4 Å². The summed E-state index contributed by atoms with van der Waals surface area (Å²) in [6.07, 6.45) is -1.00. The van der Waals surface area contributed by atoms with E-state index in [1.165, 1.54) is 25.3 Å². The second-order valence-electron chi connectivity index (χ2n) is 2.84. The van der Waals surface area contributed by atoms with Gasteiger partial charge in [-0.05, 0) is 18.2 Å². The molecule has 1 atom stereocenters. The average Bonchev–Trinajstić information content (AvgIpc) is 2.25. The van der Waals surface area contributed by atoms with Crippen molar-refractivity contribution in [2.75, 3.05) is 7.11 Å². The third kappa shape index (κ3) is 3.11. The Hall–Kier alpha value is -1.28. The molecule has 1 rings (SSSR count). The molecule has 1 unspecified atom stereocenters. The fourth-order valence-corrected chi connectivity index (χ4v) is 1.51. The zero-order chi connectivity index (χ0) is 12.1. The van der Waals surface area contributed by atoms with Crippen LogP contribution in [0.15, 0.2) is 18.2 Å². The zero-order valence-electron chi connectivity index (χ0n) is 8.33. The minimum atomic E-state index is -1.00. The molecule has 0 aromatic heterocycles. The van der Waals surface area contributed by atoms with Gasteiger partial charge in [-0.1, -0.05) is 23.2 Å². The predicted octanol–water partition coefficient (Wildman–Crippen LogP) is 2.22. The second kappa shape index (κ2) is 5.71. The van der Waals surface area contributed by atoms with E-state index in [1.54, 1.807) is 6.07 Å². The molecule has 0 radical (unpaired) electrons. The van der Waals surface area contributed by atoms with Crippen LogP contribution in [0.4, 0.5) is 0 Å². The lowest BCUT2D eigenvalue weighted by atomic mass is 10.2. The van der Waals surface area contributed by atoms with Gasteiger partial charge in [0.05, 0.1) is 10.6 Å². The van der Waals surface area contributed by atoms with Crippen molar-refractivity contribution in [1.29, 1.82) is 5.26 Å². The molecule has 1 amide bonds. The molecule has 4 nitrogen and oxygen atoms in total. The summed E-state index contributed by atoms with van der Waals surface area (Å²) in [6.45, 7) is 0. The van der Waals surface area contributed by atoms with E-state index < -0.39 is 12.1 Å². The molecule has 1 aromatic rings. The first-order valence-electron chi connectivity index (χ1n) is 4.27. The molecule has 0 bridgehead atoms. The molecule has 0 saturated heterocycles. The lowest BCUT2D eigenvalue weighted by Crippen LogP contribution is -2.35. The van der Waals surface area contributed by atoms with Gasteiger partial charge in [0.25, 0.3) is 5.91 Å². The van der Waals surface area contributed by atoms with Gasteiger partial charge in [0.1, 0.15) is 6.07 Å². The molecule has 0 heterocycles. The Morgan fingerprint density at radius 3 is 2.75 bits per heavy atom. The topological polar surface area (TPSA) is 62.1 Å². The van der Waals surface area contributed by atoms with Crippen molar-refractivity contribution in [3.05, 3.63) is 33.8 Å². The highest BCUT2D eigenvalue weighted by molar-refractivity contribution is 6.36. The van der Waals surface area contributed by atoms with Crippen LogP contribution in [0.5, 0.6) is 0 Å². The molecule has 1 N–H and O–H groups in total. The molecule has 0 fully saturated rings. The first kappa shape index (κ1) is 12.8. The summed E-state index contributed by atoms with van der Waals surface area (Å²) >= 11 is 11.5. The van der Waals surface area contributed by atoms with Gasteiger partial charge in [-0.25, -0.2) is 0 Å². The molecule has 0 saturated carbocycles. The van der Waals surface area contributed by atoms with Crippen LogP contribution in [0.3, 0.4) is 0 Å². The molecule has 1 aromatic carbocycles. The van der Waals surface area contributed by atoms with Crippen molar-refractivity contribution in [3.8, 4) is 6.07 Å². The van der Waals surface area contributed by atoms with Crippen molar-refractivity contribution in [2.45, 2.75) is 6.23 Å². The molecule has 0 spiro atoms. The summed E-state index contributed by atoms with van der Waals surface area (Å²) < 4.78 is 4.69. The number of nitrogens with zero attached hydrogens (tertiary/aromatic N) is 1. The van der Waals surface area contributed by atoms with Gasteiger partial charge in [0.15, 0.2) is 0 Å². The fourth-order valence-electron chi connectivity index (χ4n) is 1.01. The molecule has 0 aliphatic heterocycles. The molecule has 84 valence electrons. The number of benzene rings is 1. The van der Waals surface area contributed by atoms with Gasteiger partial charge in [-0.3, -0.25) is 4.79 Å². The first-order valence-corrected chi connectivity index (χ1v) is 5.02. The first-order chi connectivity index (χ1) is 7.58. The fraction of sp³-hybridized carbons (Fsp3) is 0.200. The van der Waals surface area contributed by atoms with Crippen molar-refractivity contribution in [3.63, 3.8) is 0 Å². The zero-order valence-corrected chi connectivity index (χ0v) is 9.84. The minimum Gasteiger partial charge on any atom is -0.349 e. The summed E-state index contributed by atoms with van der Waals surface area (Å²) in [6, 6.07) is 6.23. The van der Waals surface area contributed by atoms with Gasteiger partial charge in [0.2, 0.25) is 6.23 Å². The molecule has 0 aliphatic rings. The molecule has 16 heavy (non-hydrogen) atoms.